The first-order valence-corrected chi connectivity index (χ1v) is 6.71. The number of nitrogens with one attached hydrogen (secondary N) is 1. The summed E-state index contributed by atoms with van der Waals surface area (Å²) in [5.74, 6) is -0.889. The van der Waals surface area contributed by atoms with Gasteiger partial charge in [-0.15, -0.1) is 12.4 Å². The Morgan fingerprint density at radius 1 is 1.44 bits per heavy atom. The van der Waals surface area contributed by atoms with E-state index in [1.807, 2.05) is 0 Å². The lowest BCUT2D eigenvalue weighted by Crippen LogP contribution is -2.45. The fourth-order valence-corrected chi connectivity index (χ4v) is 2.49. The van der Waals surface area contributed by atoms with Crippen LogP contribution in [0.2, 0.25) is 5.02 Å². The van der Waals surface area contributed by atoms with Crippen molar-refractivity contribution in [1.29, 1.82) is 0 Å². The largest absolute Gasteiger partial charge is 0.324 e. The summed E-state index contributed by atoms with van der Waals surface area (Å²) in [7, 11) is -3.90. The summed E-state index contributed by atoms with van der Waals surface area (Å²) < 4.78 is 39.2. The van der Waals surface area contributed by atoms with Crippen LogP contribution >= 0.6 is 24.0 Å². The molecule has 0 atom stereocenters. The SMILES string of the molecule is CC(C)(N)CNS(=O)(=O)c1ccc(Cl)cc1F.Cl. The van der Waals surface area contributed by atoms with Gasteiger partial charge in [0.25, 0.3) is 0 Å². The molecule has 1 rings (SSSR count). The fourth-order valence-electron chi connectivity index (χ4n) is 1.05. The molecule has 1 aromatic carbocycles. The lowest BCUT2D eigenvalue weighted by molar-refractivity contribution is 0.494. The van der Waals surface area contributed by atoms with Gasteiger partial charge in [-0.2, -0.15) is 0 Å². The lowest BCUT2D eigenvalue weighted by atomic mass is 10.1. The third-order valence-corrected chi connectivity index (χ3v) is 3.57. The molecule has 18 heavy (non-hydrogen) atoms. The molecule has 0 spiro atoms. The number of halogens is 3. The second-order valence-electron chi connectivity index (χ2n) is 4.39. The van der Waals surface area contributed by atoms with Crippen LogP contribution in [-0.4, -0.2) is 20.5 Å². The van der Waals surface area contributed by atoms with E-state index < -0.39 is 26.3 Å². The minimum atomic E-state index is -3.90. The van der Waals surface area contributed by atoms with Crippen LogP contribution in [0.25, 0.3) is 0 Å². The molecule has 0 saturated heterocycles. The maximum atomic E-state index is 13.4. The summed E-state index contributed by atoms with van der Waals surface area (Å²) in [6.45, 7) is 3.33. The standard InChI is InChI=1S/C10H14ClFN2O2S.ClH/c1-10(2,13)6-14-17(15,16)9-4-3-7(11)5-8(9)12;/h3-5,14H,6,13H2,1-2H3;1H. The summed E-state index contributed by atoms with van der Waals surface area (Å²) in [5, 5.41) is 0.139. The third-order valence-electron chi connectivity index (χ3n) is 1.90. The third kappa shape index (κ3) is 5.07. The molecule has 0 heterocycles. The van der Waals surface area contributed by atoms with Crippen LogP contribution in [0.1, 0.15) is 13.8 Å². The molecule has 0 radical (unpaired) electrons. The molecule has 0 saturated carbocycles. The van der Waals surface area contributed by atoms with Crippen LogP contribution < -0.4 is 10.5 Å². The Morgan fingerprint density at radius 2 is 2.00 bits per heavy atom. The Morgan fingerprint density at radius 3 is 2.44 bits per heavy atom. The van der Waals surface area contributed by atoms with E-state index in [0.717, 1.165) is 12.1 Å². The number of sulfonamides is 1. The molecule has 0 aliphatic carbocycles. The monoisotopic (exact) mass is 316 g/mol. The summed E-state index contributed by atoms with van der Waals surface area (Å²) in [6, 6.07) is 3.38. The van der Waals surface area contributed by atoms with Crippen molar-refractivity contribution in [3.05, 3.63) is 29.0 Å². The quantitative estimate of drug-likeness (QED) is 0.891. The van der Waals surface area contributed by atoms with Gasteiger partial charge < -0.3 is 5.73 Å². The maximum Gasteiger partial charge on any atom is 0.243 e. The molecule has 3 N–H and O–H groups in total. The van der Waals surface area contributed by atoms with E-state index in [0.29, 0.717) is 0 Å². The van der Waals surface area contributed by atoms with Crippen LogP contribution in [0.15, 0.2) is 23.1 Å². The molecule has 0 aromatic heterocycles. The molecular weight excluding hydrogens is 302 g/mol. The molecule has 0 bridgehead atoms. The Labute approximate surface area is 117 Å². The van der Waals surface area contributed by atoms with Gasteiger partial charge in [0.15, 0.2) is 0 Å². The van der Waals surface area contributed by atoms with E-state index in [-0.39, 0.29) is 24.0 Å². The summed E-state index contributed by atoms with van der Waals surface area (Å²) in [6.07, 6.45) is 0. The molecule has 0 amide bonds. The van der Waals surface area contributed by atoms with Crippen LogP contribution in [-0.2, 0) is 10.0 Å². The van der Waals surface area contributed by atoms with E-state index in [1.165, 1.54) is 6.07 Å². The highest BCUT2D eigenvalue weighted by Crippen LogP contribution is 2.18. The van der Waals surface area contributed by atoms with Gasteiger partial charge in [0.2, 0.25) is 10.0 Å². The van der Waals surface area contributed by atoms with E-state index in [2.05, 4.69) is 4.72 Å². The van der Waals surface area contributed by atoms with Gasteiger partial charge in [-0.25, -0.2) is 17.5 Å². The number of rotatable bonds is 4. The van der Waals surface area contributed by atoms with E-state index in [1.54, 1.807) is 13.8 Å². The van der Waals surface area contributed by atoms with Gasteiger partial charge in [0.05, 0.1) is 0 Å². The Balaban J connectivity index is 0.00000289. The topological polar surface area (TPSA) is 72.2 Å². The van der Waals surface area contributed by atoms with Crippen LogP contribution in [0.4, 0.5) is 4.39 Å². The van der Waals surface area contributed by atoms with Gasteiger partial charge in [-0.1, -0.05) is 11.6 Å². The second-order valence-corrected chi connectivity index (χ2v) is 6.56. The molecule has 104 valence electrons. The van der Waals surface area contributed by atoms with E-state index in [4.69, 9.17) is 17.3 Å². The average molecular weight is 317 g/mol. The Bertz CT molecular complexity index is 515. The zero-order valence-corrected chi connectivity index (χ0v) is 12.3. The first-order chi connectivity index (χ1) is 7.62. The van der Waals surface area contributed by atoms with Gasteiger partial charge in [-0.05, 0) is 32.0 Å². The summed E-state index contributed by atoms with van der Waals surface area (Å²) >= 11 is 5.54. The van der Waals surface area contributed by atoms with Crippen molar-refractivity contribution in [2.24, 2.45) is 5.73 Å². The highest BCUT2D eigenvalue weighted by atomic mass is 35.5. The highest BCUT2D eigenvalue weighted by Gasteiger charge is 2.21. The minimum Gasteiger partial charge on any atom is -0.324 e. The molecule has 8 heteroatoms. The normalized spacial score (nSPS) is 12.1. The number of hydrogen-bond acceptors (Lipinski definition) is 3. The number of hydrogen-bond donors (Lipinski definition) is 2. The van der Waals surface area contributed by atoms with E-state index >= 15 is 0 Å². The van der Waals surface area contributed by atoms with Gasteiger partial charge >= 0.3 is 0 Å². The maximum absolute atomic E-state index is 13.4. The van der Waals surface area contributed by atoms with Crippen molar-refractivity contribution in [3.8, 4) is 0 Å². The fraction of sp³-hybridized carbons (Fsp3) is 0.400. The van der Waals surface area contributed by atoms with Crippen molar-refractivity contribution >= 4 is 34.0 Å². The van der Waals surface area contributed by atoms with E-state index in [9.17, 15) is 12.8 Å². The van der Waals surface area contributed by atoms with Crippen molar-refractivity contribution in [1.82, 2.24) is 4.72 Å². The van der Waals surface area contributed by atoms with Crippen molar-refractivity contribution in [2.75, 3.05) is 6.54 Å². The van der Waals surface area contributed by atoms with Crippen molar-refractivity contribution < 1.29 is 12.8 Å². The second kappa shape index (κ2) is 6.16. The Hall–Kier alpha value is -0.400. The molecular formula is C10H15Cl2FN2O2S. The molecule has 1 aromatic rings. The zero-order valence-electron chi connectivity index (χ0n) is 9.91. The smallest absolute Gasteiger partial charge is 0.243 e. The van der Waals surface area contributed by atoms with Crippen LogP contribution in [0.5, 0.6) is 0 Å². The van der Waals surface area contributed by atoms with Crippen molar-refractivity contribution in [2.45, 2.75) is 24.3 Å². The first-order valence-electron chi connectivity index (χ1n) is 4.85. The molecule has 0 unspecified atom stereocenters. The van der Waals surface area contributed by atoms with Crippen LogP contribution in [0.3, 0.4) is 0 Å². The highest BCUT2D eigenvalue weighted by molar-refractivity contribution is 7.89. The number of benzene rings is 1. The predicted molar refractivity (Wildman–Crippen MR) is 72.1 cm³/mol. The van der Waals surface area contributed by atoms with Crippen LogP contribution in [0, 0.1) is 5.82 Å². The van der Waals surface area contributed by atoms with Gasteiger partial charge in [0, 0.05) is 17.1 Å². The molecule has 0 aliphatic heterocycles. The minimum absolute atomic E-state index is 0. The van der Waals surface area contributed by atoms with Gasteiger partial charge in [-0.3, -0.25) is 0 Å². The zero-order chi connectivity index (χ0) is 13.3. The molecule has 0 fully saturated rings. The number of nitrogens with two attached hydrogens (primary N) is 1. The Kier molecular flexibility index (Phi) is 6.03. The molecule has 4 nitrogen and oxygen atoms in total. The summed E-state index contributed by atoms with van der Waals surface area (Å²) in [5.41, 5.74) is 4.93. The molecule has 0 aliphatic rings. The van der Waals surface area contributed by atoms with Gasteiger partial charge in [0.1, 0.15) is 10.7 Å². The first kappa shape index (κ1) is 17.6. The summed E-state index contributed by atoms with van der Waals surface area (Å²) in [4.78, 5) is -0.439. The average Bonchev–Trinajstić information content (AvgIpc) is 2.13. The predicted octanol–water partition coefficient (Wildman–Crippen LogP) is 1.92. The van der Waals surface area contributed by atoms with Crippen molar-refractivity contribution in [3.63, 3.8) is 0 Å². The lowest BCUT2D eigenvalue weighted by Gasteiger charge is -2.19.